The lowest BCUT2D eigenvalue weighted by molar-refractivity contribution is -0.127. The maximum absolute atomic E-state index is 13.1. The van der Waals surface area contributed by atoms with Crippen LogP contribution >= 0.6 is 23.2 Å². The highest BCUT2D eigenvalue weighted by Gasteiger charge is 2.42. The van der Waals surface area contributed by atoms with Crippen molar-refractivity contribution in [2.75, 3.05) is 31.5 Å². The van der Waals surface area contributed by atoms with E-state index in [2.05, 4.69) is 10.6 Å². The molecule has 1 atom stereocenters. The molecule has 1 saturated heterocycles. The third kappa shape index (κ3) is 5.28. The highest BCUT2D eigenvalue weighted by Crippen LogP contribution is 2.26. The number of benzene rings is 2. The molecule has 0 aliphatic carbocycles. The minimum Gasteiger partial charge on any atom is -0.351 e. The molecule has 1 aliphatic heterocycles. The van der Waals surface area contributed by atoms with E-state index in [1.54, 1.807) is 30.3 Å². The van der Waals surface area contributed by atoms with Crippen molar-refractivity contribution in [3.8, 4) is 0 Å². The molecule has 4 N–H and O–H groups in total. The van der Waals surface area contributed by atoms with E-state index in [1.807, 2.05) is 13.0 Å². The Morgan fingerprint density at radius 3 is 2.48 bits per heavy atom. The predicted molar refractivity (Wildman–Crippen MR) is 120 cm³/mol. The van der Waals surface area contributed by atoms with E-state index in [4.69, 9.17) is 28.9 Å². The Morgan fingerprint density at radius 1 is 1.06 bits per heavy atom. The van der Waals surface area contributed by atoms with Gasteiger partial charge in [0.2, 0.25) is 0 Å². The Hall–Kier alpha value is -2.81. The first-order valence-corrected chi connectivity index (χ1v) is 10.5. The van der Waals surface area contributed by atoms with E-state index in [-0.39, 0.29) is 37.1 Å². The molecule has 1 fully saturated rings. The van der Waals surface area contributed by atoms with Crippen LogP contribution in [0.1, 0.15) is 15.9 Å². The molecule has 0 aromatic heterocycles. The van der Waals surface area contributed by atoms with Crippen LogP contribution in [0.2, 0.25) is 10.0 Å². The van der Waals surface area contributed by atoms with Gasteiger partial charge in [0.15, 0.2) is 6.17 Å². The number of amides is 4. The van der Waals surface area contributed by atoms with Gasteiger partial charge in [0.05, 0.1) is 10.0 Å². The molecule has 2 aromatic rings. The van der Waals surface area contributed by atoms with Gasteiger partial charge in [-0.25, -0.2) is 4.79 Å². The van der Waals surface area contributed by atoms with Gasteiger partial charge in [-0.05, 0) is 37.3 Å². The first-order chi connectivity index (χ1) is 14.8. The number of aryl methyl sites for hydroxylation is 1. The minimum atomic E-state index is -1.11. The largest absolute Gasteiger partial charge is 0.351 e. The molecule has 0 radical (unpaired) electrons. The SMILES string of the molecule is Cc1cccc(C(=O)N2CCN(C(=O)Nc3ccc(Cl)c(Cl)c3)C2C(=O)NCCN)c1. The molecule has 1 unspecified atom stereocenters. The summed E-state index contributed by atoms with van der Waals surface area (Å²) in [6.07, 6.45) is -1.11. The molecule has 1 heterocycles. The van der Waals surface area contributed by atoms with Gasteiger partial charge in [-0.1, -0.05) is 40.9 Å². The summed E-state index contributed by atoms with van der Waals surface area (Å²) in [4.78, 5) is 41.6. The van der Waals surface area contributed by atoms with Crippen LogP contribution in [0.25, 0.3) is 0 Å². The molecule has 0 spiro atoms. The summed E-state index contributed by atoms with van der Waals surface area (Å²) in [5, 5.41) is 6.01. The zero-order chi connectivity index (χ0) is 22.5. The molecule has 31 heavy (non-hydrogen) atoms. The Labute approximate surface area is 190 Å². The summed E-state index contributed by atoms with van der Waals surface area (Å²) in [5.41, 5.74) is 7.28. The Bertz CT molecular complexity index is 1000. The number of nitrogens with one attached hydrogen (secondary N) is 2. The summed E-state index contributed by atoms with van der Waals surface area (Å²) in [6, 6.07) is 11.2. The summed E-state index contributed by atoms with van der Waals surface area (Å²) >= 11 is 11.9. The fourth-order valence-electron chi connectivity index (χ4n) is 3.34. The molecular formula is C21H23Cl2N5O3. The van der Waals surface area contributed by atoms with Crippen LogP contribution in [0.15, 0.2) is 42.5 Å². The van der Waals surface area contributed by atoms with Crippen molar-refractivity contribution in [3.63, 3.8) is 0 Å². The van der Waals surface area contributed by atoms with E-state index in [0.29, 0.717) is 16.3 Å². The number of anilines is 1. The summed E-state index contributed by atoms with van der Waals surface area (Å²) in [7, 11) is 0. The number of carbonyl (C=O) groups excluding carboxylic acids is 3. The highest BCUT2D eigenvalue weighted by atomic mass is 35.5. The molecule has 0 bridgehead atoms. The van der Waals surface area contributed by atoms with Gasteiger partial charge in [-0.15, -0.1) is 0 Å². The maximum Gasteiger partial charge on any atom is 0.323 e. The van der Waals surface area contributed by atoms with E-state index >= 15 is 0 Å². The molecule has 10 heteroatoms. The van der Waals surface area contributed by atoms with Crippen molar-refractivity contribution in [1.29, 1.82) is 0 Å². The smallest absolute Gasteiger partial charge is 0.323 e. The number of carbonyl (C=O) groups is 3. The van der Waals surface area contributed by atoms with Crippen molar-refractivity contribution < 1.29 is 14.4 Å². The summed E-state index contributed by atoms with van der Waals surface area (Å²) in [5.74, 6) is -0.810. The zero-order valence-electron chi connectivity index (χ0n) is 16.9. The Kier molecular flexibility index (Phi) is 7.37. The van der Waals surface area contributed by atoms with Gasteiger partial charge in [-0.2, -0.15) is 0 Å². The van der Waals surface area contributed by atoms with E-state index in [9.17, 15) is 14.4 Å². The summed E-state index contributed by atoms with van der Waals surface area (Å²) in [6.45, 7) is 2.74. The number of nitrogens with zero attached hydrogens (tertiary/aromatic N) is 2. The Morgan fingerprint density at radius 2 is 1.81 bits per heavy atom. The van der Waals surface area contributed by atoms with Crippen LogP contribution in [0.3, 0.4) is 0 Å². The van der Waals surface area contributed by atoms with E-state index < -0.39 is 18.1 Å². The van der Waals surface area contributed by atoms with Crippen molar-refractivity contribution in [3.05, 3.63) is 63.6 Å². The topological polar surface area (TPSA) is 108 Å². The van der Waals surface area contributed by atoms with Gasteiger partial charge in [0.1, 0.15) is 0 Å². The number of hydrogen-bond acceptors (Lipinski definition) is 4. The van der Waals surface area contributed by atoms with Gasteiger partial charge in [0.25, 0.3) is 11.8 Å². The van der Waals surface area contributed by atoms with Crippen LogP contribution < -0.4 is 16.4 Å². The first-order valence-electron chi connectivity index (χ1n) is 9.70. The lowest BCUT2D eigenvalue weighted by Crippen LogP contribution is -2.55. The first kappa shape index (κ1) is 22.9. The fourth-order valence-corrected chi connectivity index (χ4v) is 3.63. The number of halogens is 2. The number of rotatable bonds is 5. The van der Waals surface area contributed by atoms with Crippen LogP contribution in [0.5, 0.6) is 0 Å². The molecule has 3 rings (SSSR count). The monoisotopic (exact) mass is 463 g/mol. The van der Waals surface area contributed by atoms with Crippen molar-refractivity contribution in [1.82, 2.24) is 15.1 Å². The van der Waals surface area contributed by atoms with Crippen molar-refractivity contribution >= 4 is 46.7 Å². The molecule has 164 valence electrons. The molecule has 4 amide bonds. The highest BCUT2D eigenvalue weighted by molar-refractivity contribution is 6.42. The van der Waals surface area contributed by atoms with Crippen LogP contribution in [-0.2, 0) is 4.79 Å². The molecular weight excluding hydrogens is 441 g/mol. The third-order valence-corrected chi connectivity index (χ3v) is 5.55. The second kappa shape index (κ2) is 10.00. The number of urea groups is 1. The van der Waals surface area contributed by atoms with Crippen LogP contribution in [-0.4, -0.2) is 60.0 Å². The third-order valence-electron chi connectivity index (χ3n) is 4.81. The quantitative estimate of drug-likeness (QED) is 0.633. The zero-order valence-corrected chi connectivity index (χ0v) is 18.4. The normalized spacial score (nSPS) is 15.7. The second-order valence-electron chi connectivity index (χ2n) is 7.07. The molecule has 0 saturated carbocycles. The van der Waals surface area contributed by atoms with Crippen LogP contribution in [0, 0.1) is 6.92 Å². The van der Waals surface area contributed by atoms with Crippen molar-refractivity contribution in [2.24, 2.45) is 5.73 Å². The second-order valence-corrected chi connectivity index (χ2v) is 7.89. The molecule has 2 aromatic carbocycles. The van der Waals surface area contributed by atoms with Gasteiger partial charge >= 0.3 is 6.03 Å². The predicted octanol–water partition coefficient (Wildman–Crippen LogP) is 2.69. The summed E-state index contributed by atoms with van der Waals surface area (Å²) < 4.78 is 0. The lowest BCUT2D eigenvalue weighted by atomic mass is 10.1. The van der Waals surface area contributed by atoms with Crippen molar-refractivity contribution in [2.45, 2.75) is 13.1 Å². The number of hydrogen-bond donors (Lipinski definition) is 3. The Balaban J connectivity index is 1.84. The lowest BCUT2D eigenvalue weighted by Gasteiger charge is -2.29. The maximum atomic E-state index is 13.1. The van der Waals surface area contributed by atoms with Gasteiger partial charge < -0.3 is 21.3 Å². The average molecular weight is 464 g/mol. The minimum absolute atomic E-state index is 0.186. The van der Waals surface area contributed by atoms with E-state index in [1.165, 1.54) is 15.9 Å². The molecule has 8 nitrogen and oxygen atoms in total. The van der Waals surface area contributed by atoms with Gasteiger partial charge in [0, 0.05) is 37.4 Å². The van der Waals surface area contributed by atoms with Gasteiger partial charge in [-0.3, -0.25) is 14.5 Å². The average Bonchev–Trinajstić information content (AvgIpc) is 3.19. The number of nitrogens with two attached hydrogens (primary N) is 1. The standard InChI is InChI=1S/C21H23Cl2N5O3/c1-13-3-2-4-14(11-13)20(30)27-9-10-28(19(27)18(29)25-8-7-24)21(31)26-15-5-6-16(22)17(23)12-15/h2-6,11-12,19H,7-10,24H2,1H3,(H,25,29)(H,26,31). The van der Waals surface area contributed by atoms with E-state index in [0.717, 1.165) is 5.56 Å². The van der Waals surface area contributed by atoms with Crippen LogP contribution in [0.4, 0.5) is 10.5 Å². The molecule has 1 aliphatic rings. The fraction of sp³-hybridized carbons (Fsp3) is 0.286.